The minimum Gasteiger partial charge on any atom is -0.508 e. The summed E-state index contributed by atoms with van der Waals surface area (Å²) >= 11 is 0. The molecule has 4 heteroatoms. The van der Waals surface area contributed by atoms with E-state index in [1.165, 1.54) is 11.1 Å². The zero-order valence-electron chi connectivity index (χ0n) is 12.9. The Kier molecular flexibility index (Phi) is 4.20. The lowest BCUT2D eigenvalue weighted by atomic mass is 9.90. The summed E-state index contributed by atoms with van der Waals surface area (Å²) in [5.74, 6) is 1.82. The summed E-state index contributed by atoms with van der Waals surface area (Å²) in [5.41, 5.74) is 3.68. The van der Waals surface area contributed by atoms with Crippen LogP contribution in [0.4, 0.5) is 0 Å². The number of hydrogen-bond acceptors (Lipinski definition) is 4. The Bertz CT molecular complexity index is 669. The molecule has 1 atom stereocenters. The fourth-order valence-electron chi connectivity index (χ4n) is 3.05. The van der Waals surface area contributed by atoms with Gasteiger partial charge in [0.15, 0.2) is 0 Å². The van der Waals surface area contributed by atoms with Crippen molar-refractivity contribution < 1.29 is 14.6 Å². The van der Waals surface area contributed by atoms with Crippen molar-refractivity contribution in [1.29, 1.82) is 0 Å². The fraction of sp³-hybridized carbons (Fsp3) is 0.333. The molecule has 0 fully saturated rings. The molecule has 2 aromatic carbocycles. The van der Waals surface area contributed by atoms with Gasteiger partial charge in [0.1, 0.15) is 17.2 Å². The van der Waals surface area contributed by atoms with Crippen LogP contribution < -0.4 is 14.8 Å². The van der Waals surface area contributed by atoms with Crippen LogP contribution in [0.15, 0.2) is 36.4 Å². The minimum absolute atomic E-state index is 0.236. The van der Waals surface area contributed by atoms with Crippen LogP contribution in [0.25, 0.3) is 0 Å². The molecule has 116 valence electrons. The molecule has 1 aliphatic heterocycles. The first-order chi connectivity index (χ1) is 10.7. The molecular weight excluding hydrogens is 278 g/mol. The summed E-state index contributed by atoms with van der Waals surface area (Å²) in [4.78, 5) is 0. The quantitative estimate of drug-likeness (QED) is 0.911. The van der Waals surface area contributed by atoms with E-state index in [2.05, 4.69) is 17.4 Å². The maximum atomic E-state index is 9.80. The molecule has 2 N–H and O–H groups in total. The Morgan fingerprint density at radius 3 is 2.68 bits per heavy atom. The molecule has 0 saturated carbocycles. The van der Waals surface area contributed by atoms with Crippen LogP contribution in [0, 0.1) is 0 Å². The van der Waals surface area contributed by atoms with Crippen LogP contribution in [0.1, 0.15) is 22.7 Å². The van der Waals surface area contributed by atoms with Gasteiger partial charge in [0.05, 0.1) is 14.2 Å². The average Bonchev–Trinajstić information content (AvgIpc) is 2.54. The monoisotopic (exact) mass is 299 g/mol. The number of rotatable bonds is 4. The van der Waals surface area contributed by atoms with E-state index in [9.17, 15) is 5.11 Å². The van der Waals surface area contributed by atoms with Crippen molar-refractivity contribution in [1.82, 2.24) is 5.32 Å². The third kappa shape index (κ3) is 3.02. The molecule has 0 aliphatic carbocycles. The molecule has 0 radical (unpaired) electrons. The van der Waals surface area contributed by atoms with Crippen LogP contribution in [-0.4, -0.2) is 25.9 Å². The molecule has 0 bridgehead atoms. The van der Waals surface area contributed by atoms with E-state index in [4.69, 9.17) is 9.47 Å². The lowest BCUT2D eigenvalue weighted by molar-refractivity contribution is 0.405. The fourth-order valence-corrected chi connectivity index (χ4v) is 3.05. The molecule has 4 nitrogen and oxygen atoms in total. The number of phenols is 1. The molecule has 1 heterocycles. The van der Waals surface area contributed by atoms with Crippen molar-refractivity contribution in [2.24, 2.45) is 0 Å². The van der Waals surface area contributed by atoms with Gasteiger partial charge in [0, 0.05) is 12.1 Å². The van der Waals surface area contributed by atoms with E-state index in [0.29, 0.717) is 5.75 Å². The van der Waals surface area contributed by atoms with Gasteiger partial charge < -0.3 is 19.9 Å². The van der Waals surface area contributed by atoms with E-state index < -0.39 is 0 Å². The highest BCUT2D eigenvalue weighted by Crippen LogP contribution is 2.31. The van der Waals surface area contributed by atoms with Crippen molar-refractivity contribution in [3.8, 4) is 17.2 Å². The van der Waals surface area contributed by atoms with Gasteiger partial charge in [-0.15, -0.1) is 0 Å². The zero-order valence-corrected chi connectivity index (χ0v) is 12.9. The van der Waals surface area contributed by atoms with Gasteiger partial charge in [-0.05, 0) is 60.3 Å². The van der Waals surface area contributed by atoms with E-state index in [-0.39, 0.29) is 11.8 Å². The molecule has 0 amide bonds. The first-order valence-electron chi connectivity index (χ1n) is 7.46. The SMILES string of the molecule is COc1cc(O)cc(CC2NCCc3cc(OC)ccc32)c1. The Morgan fingerprint density at radius 2 is 1.91 bits per heavy atom. The second kappa shape index (κ2) is 6.28. The van der Waals surface area contributed by atoms with Gasteiger partial charge in [-0.25, -0.2) is 0 Å². The third-order valence-corrected chi connectivity index (χ3v) is 4.14. The molecule has 0 aromatic heterocycles. The third-order valence-electron chi connectivity index (χ3n) is 4.14. The number of benzene rings is 2. The molecular formula is C18H21NO3. The van der Waals surface area contributed by atoms with Gasteiger partial charge in [-0.1, -0.05) is 6.07 Å². The van der Waals surface area contributed by atoms with Crippen LogP contribution >= 0.6 is 0 Å². The molecule has 0 saturated heterocycles. The predicted octanol–water partition coefficient (Wildman–Crippen LogP) is 2.84. The van der Waals surface area contributed by atoms with Gasteiger partial charge in [0.25, 0.3) is 0 Å². The van der Waals surface area contributed by atoms with Crippen LogP contribution in [-0.2, 0) is 12.8 Å². The van der Waals surface area contributed by atoms with Crippen molar-refractivity contribution in [2.45, 2.75) is 18.9 Å². The summed E-state index contributed by atoms with van der Waals surface area (Å²) in [6.07, 6.45) is 1.82. The Balaban J connectivity index is 1.87. The average molecular weight is 299 g/mol. The lowest BCUT2D eigenvalue weighted by Gasteiger charge is -2.27. The minimum atomic E-state index is 0.236. The summed E-state index contributed by atoms with van der Waals surface area (Å²) in [7, 11) is 3.30. The number of phenolic OH excluding ortho intramolecular Hbond substituents is 1. The number of ether oxygens (including phenoxy) is 2. The molecule has 1 unspecified atom stereocenters. The first-order valence-corrected chi connectivity index (χ1v) is 7.46. The molecule has 22 heavy (non-hydrogen) atoms. The first kappa shape index (κ1) is 14.7. The number of fused-ring (bicyclic) bond motifs is 1. The van der Waals surface area contributed by atoms with Crippen molar-refractivity contribution in [2.75, 3.05) is 20.8 Å². The topological polar surface area (TPSA) is 50.7 Å². The maximum absolute atomic E-state index is 9.80. The van der Waals surface area contributed by atoms with Crippen molar-refractivity contribution >= 4 is 0 Å². The smallest absolute Gasteiger partial charge is 0.122 e. The largest absolute Gasteiger partial charge is 0.508 e. The van der Waals surface area contributed by atoms with Crippen molar-refractivity contribution in [3.63, 3.8) is 0 Å². The second-order valence-electron chi connectivity index (χ2n) is 5.56. The van der Waals surface area contributed by atoms with Crippen LogP contribution in [0.3, 0.4) is 0 Å². The van der Waals surface area contributed by atoms with E-state index in [1.54, 1.807) is 26.4 Å². The number of methoxy groups -OCH3 is 2. The normalized spacial score (nSPS) is 16.9. The highest BCUT2D eigenvalue weighted by Gasteiger charge is 2.20. The summed E-state index contributed by atoms with van der Waals surface area (Å²) in [6, 6.07) is 11.9. The lowest BCUT2D eigenvalue weighted by Crippen LogP contribution is -2.31. The summed E-state index contributed by atoms with van der Waals surface area (Å²) < 4.78 is 10.5. The van der Waals surface area contributed by atoms with Crippen molar-refractivity contribution in [3.05, 3.63) is 53.1 Å². The highest BCUT2D eigenvalue weighted by atomic mass is 16.5. The Labute approximate surface area is 130 Å². The Hall–Kier alpha value is -2.20. The summed E-state index contributed by atoms with van der Waals surface area (Å²) in [5, 5.41) is 13.4. The molecule has 0 spiro atoms. The standard InChI is InChI=1S/C18H21NO3/c1-21-15-3-4-17-13(10-15)5-6-19-18(17)9-12-7-14(20)11-16(8-12)22-2/h3-4,7-8,10-11,18-20H,5-6,9H2,1-2H3. The molecule has 1 aliphatic rings. The molecule has 2 aromatic rings. The summed E-state index contributed by atoms with van der Waals surface area (Å²) in [6.45, 7) is 0.945. The van der Waals surface area contributed by atoms with E-state index >= 15 is 0 Å². The molecule has 3 rings (SSSR count). The van der Waals surface area contributed by atoms with Gasteiger partial charge in [-0.3, -0.25) is 0 Å². The second-order valence-corrected chi connectivity index (χ2v) is 5.56. The number of aromatic hydroxyl groups is 1. The zero-order chi connectivity index (χ0) is 15.5. The van der Waals surface area contributed by atoms with Gasteiger partial charge >= 0.3 is 0 Å². The van der Waals surface area contributed by atoms with E-state index in [1.807, 2.05) is 12.1 Å². The Morgan fingerprint density at radius 1 is 1.09 bits per heavy atom. The van der Waals surface area contributed by atoms with Gasteiger partial charge in [0.2, 0.25) is 0 Å². The van der Waals surface area contributed by atoms with Gasteiger partial charge in [-0.2, -0.15) is 0 Å². The number of hydrogen-bond donors (Lipinski definition) is 2. The predicted molar refractivity (Wildman–Crippen MR) is 85.8 cm³/mol. The highest BCUT2D eigenvalue weighted by molar-refractivity contribution is 5.42. The van der Waals surface area contributed by atoms with Crippen LogP contribution in [0.2, 0.25) is 0 Å². The number of nitrogens with one attached hydrogen (secondary N) is 1. The maximum Gasteiger partial charge on any atom is 0.122 e. The van der Waals surface area contributed by atoms with E-state index in [0.717, 1.165) is 30.7 Å². The van der Waals surface area contributed by atoms with Crippen LogP contribution in [0.5, 0.6) is 17.2 Å².